The molecule has 0 fully saturated rings. The van der Waals surface area contributed by atoms with E-state index in [1.54, 1.807) is 4.90 Å². The summed E-state index contributed by atoms with van der Waals surface area (Å²) in [6, 6.07) is 0. The third kappa shape index (κ3) is 2.75. The first-order valence-electron chi connectivity index (χ1n) is 8.70. The lowest BCUT2D eigenvalue weighted by atomic mass is 10.0. The summed E-state index contributed by atoms with van der Waals surface area (Å²) >= 11 is 0. The molecule has 0 radical (unpaired) electrons. The highest BCUT2D eigenvalue weighted by Gasteiger charge is 2.34. The summed E-state index contributed by atoms with van der Waals surface area (Å²) in [6.07, 6.45) is 0.962. The minimum Gasteiger partial charge on any atom is -0.444 e. The predicted molar refractivity (Wildman–Crippen MR) is 95.3 cm³/mol. The van der Waals surface area contributed by atoms with Crippen molar-refractivity contribution in [3.63, 3.8) is 0 Å². The van der Waals surface area contributed by atoms with Crippen LogP contribution in [0.3, 0.4) is 0 Å². The zero-order valence-electron chi connectivity index (χ0n) is 15.3. The lowest BCUT2D eigenvalue weighted by Crippen LogP contribution is -2.39. The minimum absolute atomic E-state index is 0.310. The summed E-state index contributed by atoms with van der Waals surface area (Å²) in [5, 5.41) is 8.90. The van der Waals surface area contributed by atoms with Gasteiger partial charge in [0.2, 0.25) is 5.88 Å². The molecule has 0 saturated heterocycles. The van der Waals surface area contributed by atoms with Crippen molar-refractivity contribution in [2.24, 2.45) is 0 Å². The van der Waals surface area contributed by atoms with Gasteiger partial charge in [0.25, 0.3) is 0 Å². The van der Waals surface area contributed by atoms with E-state index in [-0.39, 0.29) is 6.09 Å². The van der Waals surface area contributed by atoms with Crippen LogP contribution in [0.4, 0.5) is 10.7 Å². The Morgan fingerprint density at radius 1 is 1.31 bits per heavy atom. The van der Waals surface area contributed by atoms with E-state index >= 15 is 0 Å². The highest BCUT2D eigenvalue weighted by Crippen LogP contribution is 2.37. The Morgan fingerprint density at radius 2 is 2.08 bits per heavy atom. The van der Waals surface area contributed by atoms with Gasteiger partial charge in [-0.3, -0.25) is 4.68 Å². The van der Waals surface area contributed by atoms with Crippen molar-refractivity contribution in [3.8, 4) is 11.4 Å². The Hall–Kier alpha value is -2.77. The number of nitrogens with two attached hydrogens (primary N) is 1. The molecule has 0 bridgehead atoms. The van der Waals surface area contributed by atoms with Crippen molar-refractivity contribution in [2.45, 2.75) is 52.3 Å². The van der Waals surface area contributed by atoms with Crippen LogP contribution in [0.15, 0.2) is 16.7 Å². The number of nitrogens with zero attached hydrogens (tertiary/aromatic N) is 4. The Morgan fingerprint density at radius 3 is 2.81 bits per heavy atom. The predicted octanol–water partition coefficient (Wildman–Crippen LogP) is 2.53. The molecule has 1 amide bonds. The maximum Gasteiger partial charge on any atom is 0.410 e. The highest BCUT2D eigenvalue weighted by molar-refractivity contribution is 5.72. The standard InChI is InChI=1S/C18H23N5O3/c1-10-7-11-14(21-26-16(11)19)15-12-9-22(17(24)25-18(2,3)4)6-5-13(12)20-23(15)8-10/h1,5-9,19H2,2-4H3. The molecule has 4 heterocycles. The molecule has 0 spiro atoms. The number of rotatable bonds is 0. The number of aromatic nitrogens is 3. The lowest BCUT2D eigenvalue weighted by Gasteiger charge is -2.29. The third-order valence-corrected chi connectivity index (χ3v) is 4.60. The van der Waals surface area contributed by atoms with E-state index < -0.39 is 5.60 Å². The zero-order chi connectivity index (χ0) is 18.6. The van der Waals surface area contributed by atoms with Gasteiger partial charge in [-0.25, -0.2) is 4.79 Å². The molecule has 2 aromatic rings. The van der Waals surface area contributed by atoms with Crippen LogP contribution in [-0.4, -0.2) is 38.1 Å². The second kappa shape index (κ2) is 5.62. The summed E-state index contributed by atoms with van der Waals surface area (Å²) < 4.78 is 12.6. The smallest absolute Gasteiger partial charge is 0.410 e. The number of nitrogen functional groups attached to an aromatic ring is 1. The van der Waals surface area contributed by atoms with Crippen LogP contribution in [0.2, 0.25) is 0 Å². The topological polar surface area (TPSA) is 99.4 Å². The largest absolute Gasteiger partial charge is 0.444 e. The Bertz CT molecular complexity index is 903. The number of anilines is 1. The van der Waals surface area contributed by atoms with Crippen molar-refractivity contribution < 1.29 is 14.1 Å². The lowest BCUT2D eigenvalue weighted by molar-refractivity contribution is 0.0224. The number of allylic oxidation sites excluding steroid dienone is 1. The van der Waals surface area contributed by atoms with Crippen LogP contribution in [0.5, 0.6) is 0 Å². The molecule has 4 rings (SSSR count). The number of carbonyl (C=O) groups is 1. The molecule has 0 unspecified atom stereocenters. The highest BCUT2D eigenvalue weighted by atomic mass is 16.6. The summed E-state index contributed by atoms with van der Waals surface area (Å²) in [4.78, 5) is 14.2. The van der Waals surface area contributed by atoms with E-state index in [9.17, 15) is 4.79 Å². The Labute approximate surface area is 151 Å². The van der Waals surface area contributed by atoms with Gasteiger partial charge in [-0.1, -0.05) is 17.3 Å². The second-order valence-corrected chi connectivity index (χ2v) is 7.88. The molecule has 138 valence electrons. The van der Waals surface area contributed by atoms with Crippen LogP contribution < -0.4 is 5.73 Å². The number of ether oxygens (including phenoxy) is 1. The van der Waals surface area contributed by atoms with E-state index in [4.69, 9.17) is 20.1 Å². The number of hydrogen-bond donors (Lipinski definition) is 1. The van der Waals surface area contributed by atoms with Crippen molar-refractivity contribution in [1.29, 1.82) is 0 Å². The molecule has 0 aliphatic carbocycles. The van der Waals surface area contributed by atoms with E-state index in [2.05, 4.69) is 11.7 Å². The van der Waals surface area contributed by atoms with Crippen LogP contribution >= 0.6 is 0 Å². The molecule has 0 aromatic carbocycles. The molecular formula is C18H23N5O3. The number of carbonyl (C=O) groups excluding carboxylic acids is 1. The van der Waals surface area contributed by atoms with E-state index in [0.29, 0.717) is 44.1 Å². The fourth-order valence-corrected chi connectivity index (χ4v) is 3.48. The maximum absolute atomic E-state index is 12.5. The first-order valence-corrected chi connectivity index (χ1v) is 8.70. The first-order chi connectivity index (χ1) is 12.2. The van der Waals surface area contributed by atoms with E-state index in [1.807, 2.05) is 25.5 Å². The van der Waals surface area contributed by atoms with Gasteiger partial charge in [0, 0.05) is 24.9 Å². The van der Waals surface area contributed by atoms with Gasteiger partial charge < -0.3 is 19.9 Å². The van der Waals surface area contributed by atoms with Crippen molar-refractivity contribution in [2.75, 3.05) is 12.3 Å². The van der Waals surface area contributed by atoms with Gasteiger partial charge in [0.15, 0.2) is 0 Å². The van der Waals surface area contributed by atoms with Crippen molar-refractivity contribution >= 4 is 12.0 Å². The molecule has 8 heteroatoms. The van der Waals surface area contributed by atoms with Crippen LogP contribution in [0.25, 0.3) is 11.4 Å². The molecular weight excluding hydrogens is 334 g/mol. The van der Waals surface area contributed by atoms with Crippen LogP contribution in [0.1, 0.15) is 37.6 Å². The van der Waals surface area contributed by atoms with Gasteiger partial charge in [0.05, 0.1) is 30.0 Å². The first kappa shape index (κ1) is 16.7. The summed E-state index contributed by atoms with van der Waals surface area (Å²) in [5.74, 6) is 0.310. The summed E-state index contributed by atoms with van der Waals surface area (Å²) in [5.41, 5.74) is 10.8. The normalized spacial score (nSPS) is 16.6. The average Bonchev–Trinajstić information content (AvgIpc) is 3.01. The number of hydrogen-bond acceptors (Lipinski definition) is 6. The monoisotopic (exact) mass is 357 g/mol. The number of fused-ring (bicyclic) bond motifs is 5. The van der Waals surface area contributed by atoms with Gasteiger partial charge in [0.1, 0.15) is 11.3 Å². The van der Waals surface area contributed by atoms with Gasteiger partial charge >= 0.3 is 6.09 Å². The fourth-order valence-electron chi connectivity index (χ4n) is 3.48. The molecule has 26 heavy (non-hydrogen) atoms. The maximum atomic E-state index is 12.5. The van der Waals surface area contributed by atoms with E-state index in [0.717, 1.165) is 28.1 Å². The SMILES string of the molecule is C=C1Cc2c(noc2N)-c2c3c(nn2C1)CCN(C(=O)OC(C)(C)C)C3. The zero-order valence-corrected chi connectivity index (χ0v) is 15.3. The number of amides is 1. The fraction of sp³-hybridized carbons (Fsp3) is 0.500. The molecule has 0 atom stereocenters. The summed E-state index contributed by atoms with van der Waals surface area (Å²) in [6.45, 7) is 11.3. The molecule has 2 aliphatic heterocycles. The van der Waals surface area contributed by atoms with Gasteiger partial charge in [-0.2, -0.15) is 5.10 Å². The average molecular weight is 357 g/mol. The van der Waals surface area contributed by atoms with Crippen LogP contribution in [0, 0.1) is 0 Å². The van der Waals surface area contributed by atoms with Gasteiger partial charge in [-0.05, 0) is 20.8 Å². The molecule has 2 N–H and O–H groups in total. The molecule has 0 saturated carbocycles. The quantitative estimate of drug-likeness (QED) is 0.727. The van der Waals surface area contributed by atoms with Gasteiger partial charge in [-0.15, -0.1) is 0 Å². The van der Waals surface area contributed by atoms with Crippen molar-refractivity contribution in [3.05, 3.63) is 29.0 Å². The molecule has 2 aliphatic rings. The minimum atomic E-state index is -0.529. The Kier molecular flexibility index (Phi) is 3.61. The third-order valence-electron chi connectivity index (χ3n) is 4.60. The molecule has 2 aromatic heterocycles. The van der Waals surface area contributed by atoms with Crippen LogP contribution in [-0.2, 0) is 30.7 Å². The summed E-state index contributed by atoms with van der Waals surface area (Å²) in [7, 11) is 0. The Balaban J connectivity index is 1.74. The van der Waals surface area contributed by atoms with E-state index in [1.165, 1.54) is 0 Å². The van der Waals surface area contributed by atoms with Crippen molar-refractivity contribution in [1.82, 2.24) is 19.8 Å². The second-order valence-electron chi connectivity index (χ2n) is 7.88. The molecule has 8 nitrogen and oxygen atoms in total.